The smallest absolute Gasteiger partial charge is 0.119 e. The van der Waals surface area contributed by atoms with E-state index in [9.17, 15) is 0 Å². The van der Waals surface area contributed by atoms with Crippen LogP contribution in [0.5, 0.6) is 0 Å². The number of hydrogen-bond acceptors (Lipinski definition) is 5. The van der Waals surface area contributed by atoms with Crippen LogP contribution in [-0.2, 0) is 17.9 Å². The molecule has 0 unspecified atom stereocenters. The first-order valence-electron chi connectivity index (χ1n) is 5.25. The Labute approximate surface area is 106 Å². The molecule has 0 bridgehead atoms. The molecule has 0 aromatic carbocycles. The van der Waals surface area contributed by atoms with E-state index in [1.165, 1.54) is 0 Å². The molecule has 1 heterocycles. The van der Waals surface area contributed by atoms with Crippen molar-refractivity contribution in [3.8, 4) is 0 Å². The van der Waals surface area contributed by atoms with Crippen LogP contribution in [0.3, 0.4) is 0 Å². The maximum absolute atomic E-state index is 5.04. The van der Waals surface area contributed by atoms with Crippen LogP contribution >= 0.6 is 23.1 Å². The van der Waals surface area contributed by atoms with E-state index in [1.54, 1.807) is 18.4 Å². The molecule has 0 aliphatic carbocycles. The van der Waals surface area contributed by atoms with Gasteiger partial charge >= 0.3 is 0 Å². The molecule has 1 rings (SSSR count). The molecule has 0 atom stereocenters. The molecule has 0 fully saturated rings. The fraction of sp³-hybridized carbons (Fsp3) is 0.727. The van der Waals surface area contributed by atoms with E-state index in [0.29, 0.717) is 6.61 Å². The fourth-order valence-electron chi connectivity index (χ4n) is 1.18. The largest absolute Gasteiger partial charge is 0.378 e. The summed E-state index contributed by atoms with van der Waals surface area (Å²) in [5.74, 6) is 0. The van der Waals surface area contributed by atoms with Crippen LogP contribution in [-0.4, -0.2) is 29.6 Å². The summed E-state index contributed by atoms with van der Waals surface area (Å²) in [5.41, 5.74) is 1.11. The molecule has 1 aromatic heterocycles. The normalized spacial score (nSPS) is 12.0. The Morgan fingerprint density at radius 3 is 2.94 bits per heavy atom. The molecule has 92 valence electrons. The van der Waals surface area contributed by atoms with Gasteiger partial charge < -0.3 is 10.1 Å². The topological polar surface area (TPSA) is 34.1 Å². The third-order valence-electron chi connectivity index (χ3n) is 2.28. The molecule has 0 saturated carbocycles. The first-order chi connectivity index (χ1) is 7.57. The van der Waals surface area contributed by atoms with Crippen molar-refractivity contribution in [2.45, 2.75) is 31.7 Å². The predicted octanol–water partition coefficient (Wildman–Crippen LogP) is 2.52. The van der Waals surface area contributed by atoms with Gasteiger partial charge in [0.05, 0.1) is 12.3 Å². The molecule has 0 spiro atoms. The molecule has 0 saturated heterocycles. The molecule has 0 radical (unpaired) electrons. The minimum Gasteiger partial charge on any atom is -0.378 e. The number of rotatable bonds is 7. The maximum Gasteiger partial charge on any atom is 0.119 e. The lowest BCUT2D eigenvalue weighted by atomic mass is 10.2. The summed E-state index contributed by atoms with van der Waals surface area (Å²) in [6.07, 6.45) is 2.14. The second kappa shape index (κ2) is 6.59. The quantitative estimate of drug-likeness (QED) is 0.817. The number of hydrogen-bond donors (Lipinski definition) is 1. The van der Waals surface area contributed by atoms with Crippen molar-refractivity contribution >= 4 is 23.1 Å². The Bertz CT molecular complexity index is 313. The third kappa shape index (κ3) is 4.82. The standard InChI is InChI=1S/C11H20N2OS2/c1-11(2,15-4)8-12-5-9-7-16-10(13-9)6-14-3/h7,12H,5-6,8H2,1-4H3. The number of nitrogens with one attached hydrogen (secondary N) is 1. The van der Waals surface area contributed by atoms with Crippen molar-refractivity contribution in [1.29, 1.82) is 0 Å². The van der Waals surface area contributed by atoms with Gasteiger partial charge in [-0.25, -0.2) is 4.98 Å². The third-order valence-corrected chi connectivity index (χ3v) is 4.40. The highest BCUT2D eigenvalue weighted by molar-refractivity contribution is 7.99. The number of ether oxygens (including phenoxy) is 1. The summed E-state index contributed by atoms with van der Waals surface area (Å²) >= 11 is 3.53. The van der Waals surface area contributed by atoms with Crippen LogP contribution in [0.4, 0.5) is 0 Å². The number of methoxy groups -OCH3 is 1. The van der Waals surface area contributed by atoms with E-state index in [1.807, 2.05) is 11.8 Å². The number of aromatic nitrogens is 1. The van der Waals surface area contributed by atoms with Gasteiger partial charge in [-0.1, -0.05) is 0 Å². The van der Waals surface area contributed by atoms with E-state index in [-0.39, 0.29) is 4.75 Å². The summed E-state index contributed by atoms with van der Waals surface area (Å²) in [7, 11) is 1.69. The highest BCUT2D eigenvalue weighted by Gasteiger charge is 2.14. The van der Waals surface area contributed by atoms with Gasteiger partial charge in [-0.05, 0) is 20.1 Å². The zero-order valence-corrected chi connectivity index (χ0v) is 12.0. The minimum absolute atomic E-state index is 0.283. The summed E-state index contributed by atoms with van der Waals surface area (Å²) in [5, 5.41) is 6.57. The molecule has 16 heavy (non-hydrogen) atoms. The molecule has 5 heteroatoms. The molecule has 3 nitrogen and oxygen atoms in total. The first kappa shape index (κ1) is 14.0. The Morgan fingerprint density at radius 2 is 2.31 bits per heavy atom. The van der Waals surface area contributed by atoms with Crippen molar-refractivity contribution in [3.05, 3.63) is 16.1 Å². The maximum atomic E-state index is 5.04. The van der Waals surface area contributed by atoms with Crippen molar-refractivity contribution in [3.63, 3.8) is 0 Å². The second-order valence-electron chi connectivity index (χ2n) is 4.23. The van der Waals surface area contributed by atoms with Gasteiger partial charge in [0, 0.05) is 30.3 Å². The number of thiazole rings is 1. The van der Waals surface area contributed by atoms with E-state index >= 15 is 0 Å². The molecule has 1 aromatic rings. The van der Waals surface area contributed by atoms with Gasteiger partial charge in [-0.15, -0.1) is 11.3 Å². The summed E-state index contributed by atoms with van der Waals surface area (Å²) < 4.78 is 5.32. The summed E-state index contributed by atoms with van der Waals surface area (Å²) in [4.78, 5) is 4.47. The molecular formula is C11H20N2OS2. The number of thioether (sulfide) groups is 1. The molecule has 0 aliphatic heterocycles. The molecule has 1 N–H and O–H groups in total. The Kier molecular flexibility index (Phi) is 5.75. The van der Waals surface area contributed by atoms with Crippen molar-refractivity contribution in [1.82, 2.24) is 10.3 Å². The second-order valence-corrected chi connectivity index (χ2v) is 6.69. The van der Waals surface area contributed by atoms with Gasteiger partial charge in [-0.2, -0.15) is 11.8 Å². The molecule has 0 amide bonds. The lowest BCUT2D eigenvalue weighted by Gasteiger charge is -2.21. The van der Waals surface area contributed by atoms with Crippen LogP contribution in [0.15, 0.2) is 5.38 Å². The SMILES string of the molecule is COCc1nc(CNCC(C)(C)SC)cs1. The van der Waals surface area contributed by atoms with Crippen LogP contribution in [0.1, 0.15) is 24.5 Å². The highest BCUT2D eigenvalue weighted by atomic mass is 32.2. The first-order valence-corrected chi connectivity index (χ1v) is 7.36. The molecule has 0 aliphatic rings. The summed E-state index contributed by atoms with van der Waals surface area (Å²) in [6, 6.07) is 0. The van der Waals surface area contributed by atoms with Gasteiger partial charge in [0.15, 0.2) is 0 Å². The number of nitrogens with zero attached hydrogens (tertiary/aromatic N) is 1. The highest BCUT2D eigenvalue weighted by Crippen LogP contribution is 2.19. The van der Waals surface area contributed by atoms with Gasteiger partial charge in [0.1, 0.15) is 5.01 Å². The lowest BCUT2D eigenvalue weighted by molar-refractivity contribution is 0.184. The fourth-order valence-corrected chi connectivity index (χ4v) is 2.19. The summed E-state index contributed by atoms with van der Waals surface area (Å²) in [6.45, 7) is 6.92. The predicted molar refractivity (Wildman–Crippen MR) is 72.1 cm³/mol. The van der Waals surface area contributed by atoms with E-state index in [2.05, 4.69) is 35.8 Å². The van der Waals surface area contributed by atoms with Crippen LogP contribution < -0.4 is 5.32 Å². The van der Waals surface area contributed by atoms with Gasteiger partial charge in [0.2, 0.25) is 0 Å². The minimum atomic E-state index is 0.283. The van der Waals surface area contributed by atoms with Gasteiger partial charge in [0.25, 0.3) is 0 Å². The van der Waals surface area contributed by atoms with Crippen LogP contribution in [0, 0.1) is 0 Å². The van der Waals surface area contributed by atoms with Crippen molar-refractivity contribution in [2.75, 3.05) is 19.9 Å². The zero-order valence-electron chi connectivity index (χ0n) is 10.4. The Morgan fingerprint density at radius 1 is 1.56 bits per heavy atom. The Hall–Kier alpha value is -0.100. The van der Waals surface area contributed by atoms with E-state index in [4.69, 9.17) is 4.74 Å². The van der Waals surface area contributed by atoms with Gasteiger partial charge in [-0.3, -0.25) is 0 Å². The van der Waals surface area contributed by atoms with Crippen molar-refractivity contribution < 1.29 is 4.74 Å². The van der Waals surface area contributed by atoms with E-state index < -0.39 is 0 Å². The average molecular weight is 260 g/mol. The monoisotopic (exact) mass is 260 g/mol. The lowest BCUT2D eigenvalue weighted by Crippen LogP contribution is -2.31. The van der Waals surface area contributed by atoms with Crippen LogP contribution in [0.2, 0.25) is 0 Å². The Balaban J connectivity index is 2.31. The van der Waals surface area contributed by atoms with E-state index in [0.717, 1.165) is 23.8 Å². The van der Waals surface area contributed by atoms with Crippen LogP contribution in [0.25, 0.3) is 0 Å². The molecular weight excluding hydrogens is 240 g/mol. The zero-order chi connectivity index (χ0) is 12.0. The average Bonchev–Trinajstić information content (AvgIpc) is 2.66. The van der Waals surface area contributed by atoms with Crippen molar-refractivity contribution in [2.24, 2.45) is 0 Å².